The number of piperazine rings is 1. The molecule has 1 unspecified atom stereocenters. The van der Waals surface area contributed by atoms with Gasteiger partial charge in [0.05, 0.1) is 13.1 Å². The molecule has 2 N–H and O–H groups in total. The second-order valence-electron chi connectivity index (χ2n) is 4.60. The first-order chi connectivity index (χ1) is 8.20. The van der Waals surface area contributed by atoms with E-state index in [1.54, 1.807) is 4.90 Å². The smallest absolute Gasteiger partial charge is 0.242 e. The molecule has 5 nitrogen and oxygen atoms in total. The molecule has 2 amide bonds. The fourth-order valence-electron chi connectivity index (χ4n) is 1.92. The van der Waals surface area contributed by atoms with Gasteiger partial charge in [-0.2, -0.15) is 0 Å². The molecule has 1 saturated carbocycles. The van der Waals surface area contributed by atoms with Gasteiger partial charge < -0.3 is 10.2 Å². The average molecular weight is 235 g/mol. The molecule has 1 saturated heterocycles. The average Bonchev–Trinajstić information content (AvgIpc) is 3.13. The van der Waals surface area contributed by atoms with E-state index in [0.717, 1.165) is 6.54 Å². The SMILES string of the molecule is C#CCN(CC1CC1)C(=O)C1CNC(=O)CN1. The van der Waals surface area contributed by atoms with Crippen LogP contribution >= 0.6 is 0 Å². The van der Waals surface area contributed by atoms with Crippen LogP contribution in [0.3, 0.4) is 0 Å². The van der Waals surface area contributed by atoms with Gasteiger partial charge in [0.25, 0.3) is 0 Å². The predicted molar refractivity (Wildman–Crippen MR) is 62.9 cm³/mol. The van der Waals surface area contributed by atoms with Gasteiger partial charge in [-0.3, -0.25) is 14.9 Å². The van der Waals surface area contributed by atoms with Gasteiger partial charge in [0.2, 0.25) is 11.8 Å². The molecule has 5 heteroatoms. The molecule has 17 heavy (non-hydrogen) atoms. The zero-order chi connectivity index (χ0) is 12.3. The second kappa shape index (κ2) is 5.19. The summed E-state index contributed by atoms with van der Waals surface area (Å²) >= 11 is 0. The van der Waals surface area contributed by atoms with E-state index >= 15 is 0 Å². The molecule has 0 aromatic carbocycles. The molecule has 0 radical (unpaired) electrons. The molecule has 1 aliphatic carbocycles. The van der Waals surface area contributed by atoms with Crippen LogP contribution in [0.5, 0.6) is 0 Å². The molecule has 1 aliphatic heterocycles. The molecule has 92 valence electrons. The number of nitrogens with one attached hydrogen (secondary N) is 2. The van der Waals surface area contributed by atoms with Crippen molar-refractivity contribution in [3.05, 3.63) is 0 Å². The summed E-state index contributed by atoms with van der Waals surface area (Å²) in [7, 11) is 0. The summed E-state index contributed by atoms with van der Waals surface area (Å²) in [5.41, 5.74) is 0. The maximum atomic E-state index is 12.2. The van der Waals surface area contributed by atoms with E-state index in [-0.39, 0.29) is 24.4 Å². The molecule has 2 fully saturated rings. The molecular formula is C12H17N3O2. The van der Waals surface area contributed by atoms with E-state index in [0.29, 0.717) is 19.0 Å². The Morgan fingerprint density at radius 2 is 2.29 bits per heavy atom. The Morgan fingerprint density at radius 1 is 1.53 bits per heavy atom. The minimum absolute atomic E-state index is 0.00477. The third kappa shape index (κ3) is 3.21. The number of rotatable bonds is 4. The van der Waals surface area contributed by atoms with Gasteiger partial charge in [-0.15, -0.1) is 6.42 Å². The van der Waals surface area contributed by atoms with Gasteiger partial charge in [-0.1, -0.05) is 5.92 Å². The Hall–Kier alpha value is -1.54. The van der Waals surface area contributed by atoms with Crippen molar-refractivity contribution in [2.45, 2.75) is 18.9 Å². The van der Waals surface area contributed by atoms with Crippen molar-refractivity contribution in [2.24, 2.45) is 5.92 Å². The maximum absolute atomic E-state index is 12.2. The third-order valence-corrected chi connectivity index (χ3v) is 3.08. The topological polar surface area (TPSA) is 61.4 Å². The van der Waals surface area contributed by atoms with Crippen molar-refractivity contribution >= 4 is 11.8 Å². The number of terminal acetylenes is 1. The molecule has 0 spiro atoms. The maximum Gasteiger partial charge on any atom is 0.242 e. The number of hydrogen-bond acceptors (Lipinski definition) is 3. The van der Waals surface area contributed by atoms with Crippen LogP contribution in [0, 0.1) is 18.3 Å². The first-order valence-corrected chi connectivity index (χ1v) is 5.93. The van der Waals surface area contributed by atoms with Gasteiger partial charge in [0, 0.05) is 13.1 Å². The number of amides is 2. The standard InChI is InChI=1S/C12H17N3O2/c1-2-5-15(8-9-3-4-9)12(17)10-6-14-11(16)7-13-10/h1,9-10,13H,3-8H2,(H,14,16). The van der Waals surface area contributed by atoms with E-state index in [2.05, 4.69) is 16.6 Å². The second-order valence-corrected chi connectivity index (χ2v) is 4.60. The van der Waals surface area contributed by atoms with Crippen LogP contribution in [0.15, 0.2) is 0 Å². The molecular weight excluding hydrogens is 218 g/mol. The lowest BCUT2D eigenvalue weighted by Gasteiger charge is -2.29. The van der Waals surface area contributed by atoms with Crippen molar-refractivity contribution in [1.29, 1.82) is 0 Å². The zero-order valence-corrected chi connectivity index (χ0v) is 9.74. The lowest BCUT2D eigenvalue weighted by molar-refractivity contribution is -0.134. The minimum atomic E-state index is -0.334. The monoisotopic (exact) mass is 235 g/mol. The van der Waals surface area contributed by atoms with E-state index in [1.165, 1.54) is 12.8 Å². The van der Waals surface area contributed by atoms with Crippen molar-refractivity contribution in [1.82, 2.24) is 15.5 Å². The van der Waals surface area contributed by atoms with Crippen LogP contribution in [-0.4, -0.2) is 48.9 Å². The lowest BCUT2D eigenvalue weighted by Crippen LogP contribution is -2.58. The zero-order valence-electron chi connectivity index (χ0n) is 9.74. The number of nitrogens with zero attached hydrogens (tertiary/aromatic N) is 1. The largest absolute Gasteiger partial charge is 0.353 e. The minimum Gasteiger partial charge on any atom is -0.353 e. The lowest BCUT2D eigenvalue weighted by atomic mass is 10.2. The van der Waals surface area contributed by atoms with Crippen LogP contribution in [-0.2, 0) is 9.59 Å². The highest BCUT2D eigenvalue weighted by Gasteiger charge is 2.31. The summed E-state index contributed by atoms with van der Waals surface area (Å²) in [6.45, 7) is 1.64. The molecule has 0 bridgehead atoms. The summed E-state index contributed by atoms with van der Waals surface area (Å²) in [4.78, 5) is 24.9. The van der Waals surface area contributed by atoms with E-state index in [4.69, 9.17) is 6.42 Å². The number of hydrogen-bond donors (Lipinski definition) is 2. The molecule has 0 aromatic heterocycles. The summed E-state index contributed by atoms with van der Waals surface area (Å²) in [5.74, 6) is 3.06. The van der Waals surface area contributed by atoms with Crippen LogP contribution in [0.2, 0.25) is 0 Å². The van der Waals surface area contributed by atoms with E-state index in [1.807, 2.05) is 0 Å². The highest BCUT2D eigenvalue weighted by Crippen LogP contribution is 2.29. The van der Waals surface area contributed by atoms with Crippen molar-refractivity contribution in [2.75, 3.05) is 26.2 Å². The van der Waals surface area contributed by atoms with Gasteiger partial charge in [0.1, 0.15) is 6.04 Å². The van der Waals surface area contributed by atoms with Crippen LogP contribution < -0.4 is 10.6 Å². The van der Waals surface area contributed by atoms with Gasteiger partial charge >= 0.3 is 0 Å². The van der Waals surface area contributed by atoms with Crippen molar-refractivity contribution < 1.29 is 9.59 Å². The van der Waals surface area contributed by atoms with Gasteiger partial charge in [-0.05, 0) is 18.8 Å². The molecule has 2 rings (SSSR count). The molecule has 2 aliphatic rings. The third-order valence-electron chi connectivity index (χ3n) is 3.08. The summed E-state index contributed by atoms with van der Waals surface area (Å²) in [6.07, 6.45) is 7.65. The normalized spacial score (nSPS) is 23.7. The number of carbonyl (C=O) groups is 2. The summed E-state index contributed by atoms with van der Waals surface area (Å²) in [5, 5.41) is 5.61. The molecule has 1 heterocycles. The Morgan fingerprint density at radius 3 is 2.82 bits per heavy atom. The number of carbonyl (C=O) groups excluding carboxylic acids is 2. The van der Waals surface area contributed by atoms with Gasteiger partial charge in [0.15, 0.2) is 0 Å². The summed E-state index contributed by atoms with van der Waals surface area (Å²) in [6, 6.07) is -0.334. The van der Waals surface area contributed by atoms with Crippen LogP contribution in [0.25, 0.3) is 0 Å². The van der Waals surface area contributed by atoms with Crippen LogP contribution in [0.4, 0.5) is 0 Å². The fraction of sp³-hybridized carbons (Fsp3) is 0.667. The summed E-state index contributed by atoms with van der Waals surface area (Å²) < 4.78 is 0. The van der Waals surface area contributed by atoms with Crippen LogP contribution in [0.1, 0.15) is 12.8 Å². The highest BCUT2D eigenvalue weighted by molar-refractivity contribution is 5.87. The Bertz CT molecular complexity index is 347. The highest BCUT2D eigenvalue weighted by atomic mass is 16.2. The quantitative estimate of drug-likeness (QED) is 0.611. The fourth-order valence-corrected chi connectivity index (χ4v) is 1.92. The van der Waals surface area contributed by atoms with Gasteiger partial charge in [-0.25, -0.2) is 0 Å². The molecule has 1 atom stereocenters. The Labute approximate surface area is 101 Å². The molecule has 0 aromatic rings. The predicted octanol–water partition coefficient (Wildman–Crippen LogP) is -1.05. The Kier molecular flexibility index (Phi) is 3.64. The van der Waals surface area contributed by atoms with E-state index in [9.17, 15) is 9.59 Å². The van der Waals surface area contributed by atoms with Crippen molar-refractivity contribution in [3.63, 3.8) is 0 Å². The Balaban J connectivity index is 1.90. The van der Waals surface area contributed by atoms with E-state index < -0.39 is 0 Å². The first-order valence-electron chi connectivity index (χ1n) is 5.93. The van der Waals surface area contributed by atoms with Crippen molar-refractivity contribution in [3.8, 4) is 12.3 Å². The first kappa shape index (κ1) is 11.9.